The summed E-state index contributed by atoms with van der Waals surface area (Å²) < 4.78 is 19.0. The standard InChI is InChI=1S/C14H17FN2O/c1-10-4-5-17-8-14(10)18-9-11-2-3-13(15)12(6-11)7-16/h2-3,6,10,14,17H,4-5,8-9H2,1H3. The second-order valence-electron chi connectivity index (χ2n) is 4.75. The van der Waals surface area contributed by atoms with Gasteiger partial charge in [-0.05, 0) is 36.6 Å². The van der Waals surface area contributed by atoms with E-state index in [2.05, 4.69) is 12.2 Å². The average molecular weight is 248 g/mol. The minimum atomic E-state index is -0.478. The Labute approximate surface area is 107 Å². The number of nitrogens with one attached hydrogen (secondary N) is 1. The maximum atomic E-state index is 13.2. The third-order valence-electron chi connectivity index (χ3n) is 3.37. The summed E-state index contributed by atoms with van der Waals surface area (Å²) in [7, 11) is 0. The Balaban J connectivity index is 1.95. The molecule has 2 atom stereocenters. The lowest BCUT2D eigenvalue weighted by molar-refractivity contribution is -0.00660. The van der Waals surface area contributed by atoms with Crippen molar-refractivity contribution in [3.63, 3.8) is 0 Å². The zero-order chi connectivity index (χ0) is 13.0. The van der Waals surface area contributed by atoms with Crippen molar-refractivity contribution >= 4 is 0 Å². The van der Waals surface area contributed by atoms with Gasteiger partial charge in [0.15, 0.2) is 0 Å². The molecule has 0 spiro atoms. The molecule has 2 rings (SSSR count). The summed E-state index contributed by atoms with van der Waals surface area (Å²) in [4.78, 5) is 0. The van der Waals surface area contributed by atoms with Crippen molar-refractivity contribution in [1.29, 1.82) is 5.26 Å². The van der Waals surface area contributed by atoms with Crippen molar-refractivity contribution in [2.45, 2.75) is 26.1 Å². The zero-order valence-corrected chi connectivity index (χ0v) is 10.4. The van der Waals surface area contributed by atoms with E-state index < -0.39 is 5.82 Å². The SMILES string of the molecule is CC1CCNCC1OCc1ccc(F)c(C#N)c1. The third kappa shape index (κ3) is 3.06. The molecule has 1 fully saturated rings. The van der Waals surface area contributed by atoms with Crippen LogP contribution in [0.15, 0.2) is 18.2 Å². The van der Waals surface area contributed by atoms with Crippen molar-refractivity contribution in [2.75, 3.05) is 13.1 Å². The molecule has 1 N–H and O–H groups in total. The summed E-state index contributed by atoms with van der Waals surface area (Å²) in [6, 6.07) is 6.37. The van der Waals surface area contributed by atoms with Crippen LogP contribution < -0.4 is 5.32 Å². The Bertz CT molecular complexity index is 456. The number of nitriles is 1. The Morgan fingerprint density at radius 1 is 1.56 bits per heavy atom. The molecule has 0 saturated carbocycles. The highest BCUT2D eigenvalue weighted by Crippen LogP contribution is 2.17. The van der Waals surface area contributed by atoms with Gasteiger partial charge >= 0.3 is 0 Å². The van der Waals surface area contributed by atoms with E-state index in [0.717, 1.165) is 25.1 Å². The molecule has 1 aliphatic rings. The number of halogens is 1. The fourth-order valence-corrected chi connectivity index (χ4v) is 2.14. The van der Waals surface area contributed by atoms with Crippen LogP contribution in [-0.2, 0) is 11.3 Å². The fourth-order valence-electron chi connectivity index (χ4n) is 2.14. The van der Waals surface area contributed by atoms with E-state index in [9.17, 15) is 4.39 Å². The molecular weight excluding hydrogens is 231 g/mol. The van der Waals surface area contributed by atoms with Crippen LogP contribution in [0.4, 0.5) is 4.39 Å². The van der Waals surface area contributed by atoms with Gasteiger partial charge in [0.05, 0.1) is 18.3 Å². The van der Waals surface area contributed by atoms with E-state index in [0.29, 0.717) is 12.5 Å². The number of piperidine rings is 1. The molecule has 96 valence electrons. The molecule has 2 unspecified atom stereocenters. The van der Waals surface area contributed by atoms with Gasteiger partial charge in [0.25, 0.3) is 0 Å². The third-order valence-corrected chi connectivity index (χ3v) is 3.37. The van der Waals surface area contributed by atoms with Gasteiger partial charge in [0.2, 0.25) is 0 Å². The van der Waals surface area contributed by atoms with E-state index in [1.54, 1.807) is 12.1 Å². The molecule has 1 aromatic carbocycles. The first-order valence-electron chi connectivity index (χ1n) is 6.21. The highest BCUT2D eigenvalue weighted by Gasteiger charge is 2.21. The molecule has 1 heterocycles. The average Bonchev–Trinajstić information content (AvgIpc) is 2.39. The van der Waals surface area contributed by atoms with Gasteiger partial charge in [-0.25, -0.2) is 4.39 Å². The Hall–Kier alpha value is -1.44. The van der Waals surface area contributed by atoms with Gasteiger partial charge in [-0.1, -0.05) is 13.0 Å². The largest absolute Gasteiger partial charge is 0.372 e. The predicted molar refractivity (Wildman–Crippen MR) is 66.3 cm³/mol. The number of rotatable bonds is 3. The summed E-state index contributed by atoms with van der Waals surface area (Å²) in [6.07, 6.45) is 1.30. The monoisotopic (exact) mass is 248 g/mol. The number of benzene rings is 1. The summed E-state index contributed by atoms with van der Waals surface area (Å²) in [5.41, 5.74) is 0.914. The normalized spacial score (nSPS) is 23.6. The molecule has 0 radical (unpaired) electrons. The van der Waals surface area contributed by atoms with Crippen molar-refractivity contribution in [3.05, 3.63) is 35.1 Å². The maximum Gasteiger partial charge on any atom is 0.140 e. The lowest BCUT2D eigenvalue weighted by Crippen LogP contribution is -2.40. The van der Waals surface area contributed by atoms with E-state index in [1.165, 1.54) is 6.07 Å². The number of ether oxygens (including phenoxy) is 1. The molecule has 1 saturated heterocycles. The van der Waals surface area contributed by atoms with Crippen LogP contribution >= 0.6 is 0 Å². The van der Waals surface area contributed by atoms with Crippen LogP contribution in [0.25, 0.3) is 0 Å². The fraction of sp³-hybridized carbons (Fsp3) is 0.500. The molecule has 1 aromatic rings. The first kappa shape index (κ1) is 13.0. The topological polar surface area (TPSA) is 45.0 Å². The van der Waals surface area contributed by atoms with E-state index in [4.69, 9.17) is 10.00 Å². The molecule has 3 nitrogen and oxygen atoms in total. The van der Waals surface area contributed by atoms with E-state index in [-0.39, 0.29) is 11.7 Å². The maximum absolute atomic E-state index is 13.2. The summed E-state index contributed by atoms with van der Waals surface area (Å²) in [5.74, 6) is 0.0519. The Morgan fingerprint density at radius 2 is 2.39 bits per heavy atom. The van der Waals surface area contributed by atoms with Crippen LogP contribution in [0, 0.1) is 23.1 Å². The van der Waals surface area contributed by atoms with Crippen LogP contribution in [0.3, 0.4) is 0 Å². The van der Waals surface area contributed by atoms with Gasteiger partial charge in [-0.15, -0.1) is 0 Å². The van der Waals surface area contributed by atoms with Gasteiger partial charge < -0.3 is 10.1 Å². The second kappa shape index (κ2) is 5.94. The Morgan fingerprint density at radius 3 is 3.11 bits per heavy atom. The van der Waals surface area contributed by atoms with Gasteiger partial charge in [0, 0.05) is 6.54 Å². The number of nitrogens with zero attached hydrogens (tertiary/aromatic N) is 1. The van der Waals surface area contributed by atoms with Crippen molar-refractivity contribution in [1.82, 2.24) is 5.32 Å². The number of hydrogen-bond acceptors (Lipinski definition) is 3. The molecular formula is C14H17FN2O. The summed E-state index contributed by atoms with van der Waals surface area (Å²) in [6.45, 7) is 4.49. The Kier molecular flexibility index (Phi) is 4.29. The molecule has 0 aromatic heterocycles. The van der Waals surface area contributed by atoms with Crippen molar-refractivity contribution < 1.29 is 9.13 Å². The molecule has 0 bridgehead atoms. The molecule has 0 aliphatic carbocycles. The van der Waals surface area contributed by atoms with Crippen LogP contribution in [-0.4, -0.2) is 19.2 Å². The van der Waals surface area contributed by atoms with Crippen molar-refractivity contribution in [3.8, 4) is 6.07 Å². The first-order valence-corrected chi connectivity index (χ1v) is 6.21. The first-order chi connectivity index (χ1) is 8.70. The van der Waals surface area contributed by atoms with Gasteiger partial charge in [-0.2, -0.15) is 5.26 Å². The minimum absolute atomic E-state index is 0.0749. The smallest absolute Gasteiger partial charge is 0.140 e. The molecule has 1 aliphatic heterocycles. The van der Waals surface area contributed by atoms with Gasteiger partial charge in [0.1, 0.15) is 11.9 Å². The second-order valence-corrected chi connectivity index (χ2v) is 4.75. The number of hydrogen-bond donors (Lipinski definition) is 1. The lowest BCUT2D eigenvalue weighted by atomic mass is 9.97. The summed E-state index contributed by atoms with van der Waals surface area (Å²) in [5, 5.41) is 12.1. The highest BCUT2D eigenvalue weighted by atomic mass is 19.1. The van der Waals surface area contributed by atoms with Crippen molar-refractivity contribution in [2.24, 2.45) is 5.92 Å². The highest BCUT2D eigenvalue weighted by molar-refractivity contribution is 5.34. The zero-order valence-electron chi connectivity index (χ0n) is 10.4. The van der Waals surface area contributed by atoms with Crippen LogP contribution in [0.2, 0.25) is 0 Å². The van der Waals surface area contributed by atoms with Crippen LogP contribution in [0.1, 0.15) is 24.5 Å². The molecule has 4 heteroatoms. The van der Waals surface area contributed by atoms with E-state index in [1.807, 2.05) is 6.07 Å². The predicted octanol–water partition coefficient (Wildman–Crippen LogP) is 2.21. The summed E-state index contributed by atoms with van der Waals surface area (Å²) >= 11 is 0. The molecule has 0 amide bonds. The van der Waals surface area contributed by atoms with Crippen LogP contribution in [0.5, 0.6) is 0 Å². The molecule has 18 heavy (non-hydrogen) atoms. The minimum Gasteiger partial charge on any atom is -0.372 e. The quantitative estimate of drug-likeness (QED) is 0.892. The lowest BCUT2D eigenvalue weighted by Gasteiger charge is -2.29. The van der Waals surface area contributed by atoms with Gasteiger partial charge in [-0.3, -0.25) is 0 Å². The van der Waals surface area contributed by atoms with E-state index >= 15 is 0 Å².